The average Bonchev–Trinajstić information content (AvgIpc) is 2.60. The standard InChI is InChI=1S/C19H15F3NO2.BrH/c1-25-16-8-9-17-14(11-16)3-2-10-23(17)12-18(24)13-4-6-15(7-5-13)19(20,21)22;/h2-11H,12H2,1H3;1H/q+1;/p-1. The van der Waals surface area contributed by atoms with Crippen molar-refractivity contribution >= 4 is 16.7 Å². The van der Waals surface area contributed by atoms with Crippen molar-refractivity contribution in [2.24, 2.45) is 0 Å². The molecule has 0 fully saturated rings. The first-order valence-electron chi connectivity index (χ1n) is 7.55. The summed E-state index contributed by atoms with van der Waals surface area (Å²) in [6, 6.07) is 13.5. The number of nitrogens with zero attached hydrogens (tertiary/aromatic N) is 1. The van der Waals surface area contributed by atoms with E-state index in [0.717, 1.165) is 23.0 Å². The quantitative estimate of drug-likeness (QED) is 0.461. The number of hydrogen-bond donors (Lipinski definition) is 0. The summed E-state index contributed by atoms with van der Waals surface area (Å²) in [6.07, 6.45) is -2.65. The Balaban J connectivity index is 0.00000243. The maximum Gasteiger partial charge on any atom is 0.416 e. The molecule has 1 aromatic heterocycles. The third kappa shape index (κ3) is 4.22. The number of ketones is 1. The summed E-state index contributed by atoms with van der Waals surface area (Å²) in [7, 11) is 1.58. The summed E-state index contributed by atoms with van der Waals surface area (Å²) in [5.41, 5.74) is 0.309. The lowest BCUT2D eigenvalue weighted by Gasteiger charge is -2.07. The fourth-order valence-electron chi connectivity index (χ4n) is 2.61. The van der Waals surface area contributed by atoms with Gasteiger partial charge in [0, 0.05) is 17.7 Å². The highest BCUT2D eigenvalue weighted by molar-refractivity contribution is 5.95. The highest BCUT2D eigenvalue weighted by Crippen LogP contribution is 2.29. The smallest absolute Gasteiger partial charge is 0.416 e. The second-order valence-corrected chi connectivity index (χ2v) is 5.56. The van der Waals surface area contributed by atoms with Crippen molar-refractivity contribution in [3.8, 4) is 5.75 Å². The second-order valence-electron chi connectivity index (χ2n) is 5.56. The van der Waals surface area contributed by atoms with E-state index in [1.165, 1.54) is 12.1 Å². The third-order valence-electron chi connectivity index (χ3n) is 3.93. The van der Waals surface area contributed by atoms with Gasteiger partial charge in [0.05, 0.1) is 18.1 Å². The van der Waals surface area contributed by atoms with E-state index in [-0.39, 0.29) is 34.9 Å². The molecule has 1 heterocycles. The number of fused-ring (bicyclic) bond motifs is 1. The van der Waals surface area contributed by atoms with Crippen LogP contribution in [0, 0.1) is 0 Å². The van der Waals surface area contributed by atoms with Gasteiger partial charge in [-0.3, -0.25) is 4.79 Å². The monoisotopic (exact) mass is 425 g/mol. The Morgan fingerprint density at radius 1 is 1.08 bits per heavy atom. The number of carbonyl (C=O) groups excluding carboxylic acids is 1. The number of benzene rings is 2. The summed E-state index contributed by atoms with van der Waals surface area (Å²) >= 11 is 0. The zero-order chi connectivity index (χ0) is 18.0. The molecule has 0 aliphatic rings. The van der Waals surface area contributed by atoms with Gasteiger partial charge in [-0.15, -0.1) is 0 Å². The molecule has 0 aliphatic carbocycles. The Morgan fingerprint density at radius 3 is 2.38 bits per heavy atom. The van der Waals surface area contributed by atoms with Crippen molar-refractivity contribution in [2.75, 3.05) is 7.11 Å². The van der Waals surface area contributed by atoms with Gasteiger partial charge in [-0.25, -0.2) is 0 Å². The molecule has 0 N–H and O–H groups in total. The molecule has 3 aromatic rings. The number of pyridine rings is 1. The molecule has 3 nitrogen and oxygen atoms in total. The van der Waals surface area contributed by atoms with Gasteiger partial charge in [-0.2, -0.15) is 17.7 Å². The van der Waals surface area contributed by atoms with Crippen LogP contribution in [-0.2, 0) is 12.7 Å². The first-order chi connectivity index (χ1) is 11.9. The average molecular weight is 426 g/mol. The lowest BCUT2D eigenvalue weighted by Crippen LogP contribution is -3.00. The highest BCUT2D eigenvalue weighted by atomic mass is 79.9. The highest BCUT2D eigenvalue weighted by Gasteiger charge is 2.30. The van der Waals surface area contributed by atoms with Gasteiger partial charge >= 0.3 is 6.18 Å². The minimum atomic E-state index is -4.41. The van der Waals surface area contributed by atoms with Crippen molar-refractivity contribution in [3.63, 3.8) is 0 Å². The van der Waals surface area contributed by atoms with Crippen LogP contribution in [-0.4, -0.2) is 12.9 Å². The molecule has 2 aromatic carbocycles. The van der Waals surface area contributed by atoms with E-state index >= 15 is 0 Å². The fourth-order valence-corrected chi connectivity index (χ4v) is 2.61. The number of ether oxygens (including phenoxy) is 1. The van der Waals surface area contributed by atoms with Crippen LogP contribution in [0.25, 0.3) is 10.9 Å². The topological polar surface area (TPSA) is 30.2 Å². The molecule has 0 amide bonds. The summed E-state index contributed by atoms with van der Waals surface area (Å²) in [4.78, 5) is 12.4. The van der Waals surface area contributed by atoms with Crippen LogP contribution in [0.2, 0.25) is 0 Å². The lowest BCUT2D eigenvalue weighted by molar-refractivity contribution is -0.657. The number of Topliss-reactive ketones (excluding diaryl/α,β-unsaturated/α-hetero) is 1. The normalized spacial score (nSPS) is 11.1. The van der Waals surface area contributed by atoms with Gasteiger partial charge in [-0.1, -0.05) is 12.1 Å². The molecule has 7 heteroatoms. The van der Waals surface area contributed by atoms with Crippen LogP contribution < -0.4 is 26.3 Å². The summed E-state index contributed by atoms with van der Waals surface area (Å²) < 4.78 is 44.8. The van der Waals surface area contributed by atoms with E-state index in [0.29, 0.717) is 5.75 Å². The Bertz CT molecular complexity index is 924. The summed E-state index contributed by atoms with van der Waals surface area (Å²) in [5, 5.41) is 0.905. The molecule has 0 atom stereocenters. The number of alkyl halides is 3. The second kappa shape index (κ2) is 7.86. The predicted octanol–water partition coefficient (Wildman–Crippen LogP) is 1.04. The molecule has 0 saturated carbocycles. The van der Waals surface area contributed by atoms with Crippen LogP contribution in [0.4, 0.5) is 13.2 Å². The van der Waals surface area contributed by atoms with Crippen LogP contribution in [0.15, 0.2) is 60.8 Å². The van der Waals surface area contributed by atoms with Crippen LogP contribution in [0.1, 0.15) is 15.9 Å². The van der Waals surface area contributed by atoms with E-state index in [4.69, 9.17) is 4.74 Å². The van der Waals surface area contributed by atoms with Gasteiger partial charge in [0.15, 0.2) is 6.20 Å². The van der Waals surface area contributed by atoms with E-state index in [1.54, 1.807) is 23.9 Å². The first-order valence-corrected chi connectivity index (χ1v) is 7.55. The number of aromatic nitrogens is 1. The lowest BCUT2D eigenvalue weighted by atomic mass is 10.1. The summed E-state index contributed by atoms with van der Waals surface area (Å²) in [5.74, 6) is 0.446. The van der Waals surface area contributed by atoms with E-state index in [9.17, 15) is 18.0 Å². The van der Waals surface area contributed by atoms with Crippen LogP contribution >= 0.6 is 0 Å². The SMILES string of the molecule is COc1ccc2c(ccc[n+]2CC(=O)c2ccc(C(F)(F)F)cc2)c1.[Br-]. The molecule has 0 bridgehead atoms. The molecule has 0 spiro atoms. The molecule has 0 radical (unpaired) electrons. The number of carbonyl (C=O) groups is 1. The van der Waals surface area contributed by atoms with Crippen LogP contribution in [0.3, 0.4) is 0 Å². The molecule has 0 unspecified atom stereocenters. The van der Waals surface area contributed by atoms with E-state index in [2.05, 4.69) is 0 Å². The summed E-state index contributed by atoms with van der Waals surface area (Å²) in [6.45, 7) is 0.0367. The Hall–Kier alpha value is -2.41. The zero-order valence-electron chi connectivity index (χ0n) is 13.8. The van der Waals surface area contributed by atoms with Gasteiger partial charge in [0.2, 0.25) is 17.8 Å². The largest absolute Gasteiger partial charge is 1.00 e. The zero-order valence-corrected chi connectivity index (χ0v) is 15.3. The van der Waals surface area contributed by atoms with Gasteiger partial charge in [0.1, 0.15) is 5.75 Å². The fraction of sp³-hybridized carbons (Fsp3) is 0.158. The van der Waals surface area contributed by atoms with Gasteiger partial charge in [-0.05, 0) is 30.3 Å². The number of halogens is 4. The molecule has 3 rings (SSSR count). The van der Waals surface area contributed by atoms with Crippen molar-refractivity contribution in [1.29, 1.82) is 0 Å². The molecule has 0 saturated heterocycles. The molecule has 0 aliphatic heterocycles. The number of methoxy groups -OCH3 is 1. The Labute approximate surface area is 158 Å². The van der Waals surface area contributed by atoms with E-state index in [1.807, 2.05) is 24.3 Å². The number of hydrogen-bond acceptors (Lipinski definition) is 2. The maximum atomic E-state index is 12.6. The van der Waals surface area contributed by atoms with E-state index < -0.39 is 11.7 Å². The predicted molar refractivity (Wildman–Crippen MR) is 86.5 cm³/mol. The Kier molecular flexibility index (Phi) is 6.02. The Morgan fingerprint density at radius 2 is 1.77 bits per heavy atom. The van der Waals surface area contributed by atoms with Crippen molar-refractivity contribution in [3.05, 3.63) is 71.9 Å². The minimum absolute atomic E-state index is 0. The van der Waals surface area contributed by atoms with Crippen molar-refractivity contribution < 1.29 is 44.3 Å². The van der Waals surface area contributed by atoms with Gasteiger partial charge in [0.25, 0.3) is 0 Å². The molecular weight excluding hydrogens is 411 g/mol. The van der Waals surface area contributed by atoms with Gasteiger partial charge < -0.3 is 21.7 Å². The number of rotatable bonds is 4. The first kappa shape index (κ1) is 19.9. The molecular formula is C19H15BrF3NO2. The maximum absolute atomic E-state index is 12.6. The minimum Gasteiger partial charge on any atom is -1.00 e. The third-order valence-corrected chi connectivity index (χ3v) is 3.93. The molecule has 26 heavy (non-hydrogen) atoms. The van der Waals surface area contributed by atoms with Crippen molar-refractivity contribution in [2.45, 2.75) is 12.7 Å². The molecule has 136 valence electrons. The van der Waals surface area contributed by atoms with Crippen molar-refractivity contribution in [1.82, 2.24) is 0 Å². The van der Waals surface area contributed by atoms with Crippen LogP contribution in [0.5, 0.6) is 5.75 Å².